The Bertz CT molecular complexity index is 797. The minimum atomic E-state index is -2.68. The van der Waals surface area contributed by atoms with Gasteiger partial charge in [0.25, 0.3) is 5.92 Å². The molecule has 2 atom stereocenters. The normalized spacial score (nSPS) is 17.9. The van der Waals surface area contributed by atoms with Crippen molar-refractivity contribution in [3.05, 3.63) is 41.9 Å². The highest BCUT2D eigenvalue weighted by molar-refractivity contribution is 5.55. The van der Waals surface area contributed by atoms with Crippen LogP contribution in [-0.4, -0.2) is 48.8 Å². The van der Waals surface area contributed by atoms with Gasteiger partial charge in [-0.15, -0.1) is 0 Å². The van der Waals surface area contributed by atoms with Gasteiger partial charge in [-0.1, -0.05) is 0 Å². The molecule has 146 valence electrons. The van der Waals surface area contributed by atoms with Gasteiger partial charge in [0, 0.05) is 24.4 Å². The van der Waals surface area contributed by atoms with Gasteiger partial charge in [0.2, 0.25) is 0 Å². The molecule has 1 fully saturated rings. The molecule has 1 saturated heterocycles. The van der Waals surface area contributed by atoms with E-state index in [1.807, 2.05) is 6.92 Å². The zero-order chi connectivity index (χ0) is 19.6. The second-order valence-electron chi connectivity index (χ2n) is 6.67. The second-order valence-corrected chi connectivity index (χ2v) is 6.67. The molecule has 2 heterocycles. The van der Waals surface area contributed by atoms with Crippen LogP contribution in [0.1, 0.15) is 24.2 Å². The Balaban J connectivity index is 1.80. The number of rotatable bonds is 7. The molecule has 7 nitrogen and oxygen atoms in total. The molecule has 0 amide bonds. The predicted molar refractivity (Wildman–Crippen MR) is 98.0 cm³/mol. The molecule has 0 bridgehead atoms. The maximum absolute atomic E-state index is 13.1. The molecule has 0 spiro atoms. The molecule has 1 aromatic heterocycles. The number of alkyl halides is 2. The van der Waals surface area contributed by atoms with Crippen LogP contribution in [0.2, 0.25) is 0 Å². The molecule has 3 rings (SSSR count). The Kier molecular flexibility index (Phi) is 5.43. The van der Waals surface area contributed by atoms with Crippen LogP contribution in [0.4, 0.5) is 20.3 Å². The Hall–Kier alpha value is -2.52. The fraction of sp³-hybridized carbons (Fsp3) is 0.444. The number of ether oxygens (including phenoxy) is 2. The molecule has 1 aliphatic rings. The summed E-state index contributed by atoms with van der Waals surface area (Å²) in [6.45, 7) is 1.61. The number of anilines is 2. The van der Waals surface area contributed by atoms with Crippen LogP contribution in [-0.2, 0) is 4.74 Å². The van der Waals surface area contributed by atoms with E-state index in [2.05, 4.69) is 9.97 Å². The molecule has 0 saturated carbocycles. The molecule has 9 heteroatoms. The van der Waals surface area contributed by atoms with Gasteiger partial charge in [-0.25, -0.2) is 18.7 Å². The lowest BCUT2D eigenvalue weighted by Gasteiger charge is -2.39. The van der Waals surface area contributed by atoms with Crippen LogP contribution < -0.4 is 21.1 Å². The monoisotopic (exact) mass is 379 g/mol. The first kappa shape index (κ1) is 19.2. The summed E-state index contributed by atoms with van der Waals surface area (Å²) in [5.74, 6) is -1.65. The Morgan fingerprint density at radius 2 is 2.00 bits per heavy atom. The van der Waals surface area contributed by atoms with Gasteiger partial charge in [-0.05, 0) is 25.1 Å². The average Bonchev–Trinajstić information content (AvgIpc) is 2.61. The summed E-state index contributed by atoms with van der Waals surface area (Å²) in [4.78, 5) is 9.73. The van der Waals surface area contributed by atoms with Gasteiger partial charge in [0.1, 0.15) is 24.0 Å². The summed E-state index contributed by atoms with van der Waals surface area (Å²) < 4.78 is 37.1. The van der Waals surface area contributed by atoms with E-state index in [1.54, 1.807) is 31.4 Å². The highest BCUT2D eigenvalue weighted by Gasteiger charge is 2.44. The lowest BCUT2D eigenvalue weighted by Crippen LogP contribution is -2.56. The predicted octanol–water partition coefficient (Wildman–Crippen LogP) is 1.98. The second kappa shape index (κ2) is 7.61. The van der Waals surface area contributed by atoms with Crippen LogP contribution in [0.5, 0.6) is 5.75 Å². The standard InChI is InChI=1S/C18H23F2N5O2/c1-11(7-26-2)27-12-3-4-14(21)13(5-12)17(22)15-6-16(24-10-23-15)25-8-18(19,20)9-25/h3-6,10-11,17H,7-9,21-22H2,1-2H3. The average molecular weight is 379 g/mol. The number of methoxy groups -OCH3 is 1. The van der Waals surface area contributed by atoms with Crippen molar-refractivity contribution in [2.24, 2.45) is 5.73 Å². The Morgan fingerprint density at radius 3 is 2.67 bits per heavy atom. The smallest absolute Gasteiger partial charge is 0.282 e. The molecule has 2 aromatic rings. The number of hydrogen-bond acceptors (Lipinski definition) is 7. The molecule has 0 aliphatic carbocycles. The van der Waals surface area contributed by atoms with Gasteiger partial charge in [-0.3, -0.25) is 0 Å². The molecule has 2 unspecified atom stereocenters. The third-order valence-electron chi connectivity index (χ3n) is 4.29. The maximum Gasteiger partial charge on any atom is 0.282 e. The van der Waals surface area contributed by atoms with Crippen molar-refractivity contribution in [2.75, 3.05) is 37.4 Å². The lowest BCUT2D eigenvalue weighted by atomic mass is 10.0. The van der Waals surface area contributed by atoms with E-state index in [0.717, 1.165) is 0 Å². The van der Waals surface area contributed by atoms with Gasteiger partial charge < -0.3 is 25.8 Å². The minimum absolute atomic E-state index is 0.138. The zero-order valence-electron chi connectivity index (χ0n) is 15.2. The summed E-state index contributed by atoms with van der Waals surface area (Å²) in [6, 6.07) is 6.19. The molecule has 4 N–H and O–H groups in total. The fourth-order valence-corrected chi connectivity index (χ4v) is 2.93. The van der Waals surface area contributed by atoms with E-state index in [-0.39, 0.29) is 19.2 Å². The quantitative estimate of drug-likeness (QED) is 0.710. The minimum Gasteiger partial charge on any atom is -0.488 e. The van der Waals surface area contributed by atoms with E-state index in [1.165, 1.54) is 11.2 Å². The van der Waals surface area contributed by atoms with Crippen molar-refractivity contribution in [2.45, 2.75) is 25.0 Å². The highest BCUT2D eigenvalue weighted by atomic mass is 19.3. The SMILES string of the molecule is COCC(C)Oc1ccc(N)c(C(N)c2cc(N3CC(F)(F)C3)ncn2)c1. The van der Waals surface area contributed by atoms with E-state index in [4.69, 9.17) is 20.9 Å². The van der Waals surface area contributed by atoms with Crippen molar-refractivity contribution >= 4 is 11.5 Å². The summed E-state index contributed by atoms with van der Waals surface area (Å²) in [7, 11) is 1.60. The summed E-state index contributed by atoms with van der Waals surface area (Å²) in [5, 5.41) is 0. The summed E-state index contributed by atoms with van der Waals surface area (Å²) in [6.07, 6.45) is 1.18. The topological polar surface area (TPSA) is 99.5 Å². The fourth-order valence-electron chi connectivity index (χ4n) is 2.93. The van der Waals surface area contributed by atoms with Gasteiger partial charge >= 0.3 is 0 Å². The first-order chi connectivity index (χ1) is 12.8. The van der Waals surface area contributed by atoms with E-state index in [0.29, 0.717) is 35.1 Å². The maximum atomic E-state index is 13.1. The lowest BCUT2D eigenvalue weighted by molar-refractivity contribution is -0.0267. The number of nitrogen functional groups attached to an aromatic ring is 1. The van der Waals surface area contributed by atoms with Crippen LogP contribution in [0.15, 0.2) is 30.6 Å². The Labute approximate surface area is 156 Å². The van der Waals surface area contributed by atoms with Gasteiger partial charge in [0.05, 0.1) is 31.4 Å². The van der Waals surface area contributed by atoms with Crippen molar-refractivity contribution < 1.29 is 18.3 Å². The van der Waals surface area contributed by atoms with E-state index >= 15 is 0 Å². The molecule has 1 aliphatic heterocycles. The van der Waals surface area contributed by atoms with Crippen molar-refractivity contribution in [1.82, 2.24) is 9.97 Å². The number of halogens is 2. The van der Waals surface area contributed by atoms with Crippen LogP contribution >= 0.6 is 0 Å². The number of nitrogens with two attached hydrogens (primary N) is 2. The summed E-state index contributed by atoms with van der Waals surface area (Å²) >= 11 is 0. The molecule has 0 radical (unpaired) electrons. The van der Waals surface area contributed by atoms with Crippen LogP contribution in [0.3, 0.4) is 0 Å². The van der Waals surface area contributed by atoms with Crippen LogP contribution in [0.25, 0.3) is 0 Å². The third-order valence-corrected chi connectivity index (χ3v) is 4.29. The third kappa shape index (κ3) is 4.42. The first-order valence-electron chi connectivity index (χ1n) is 8.54. The van der Waals surface area contributed by atoms with Gasteiger partial charge in [0.15, 0.2) is 0 Å². The number of benzene rings is 1. The van der Waals surface area contributed by atoms with Crippen molar-refractivity contribution in [1.29, 1.82) is 0 Å². The van der Waals surface area contributed by atoms with Crippen LogP contribution in [0, 0.1) is 0 Å². The number of aromatic nitrogens is 2. The number of nitrogens with zero attached hydrogens (tertiary/aromatic N) is 3. The van der Waals surface area contributed by atoms with E-state index in [9.17, 15) is 8.78 Å². The largest absolute Gasteiger partial charge is 0.488 e. The first-order valence-corrected chi connectivity index (χ1v) is 8.54. The molecular weight excluding hydrogens is 356 g/mol. The van der Waals surface area contributed by atoms with Gasteiger partial charge in [-0.2, -0.15) is 0 Å². The van der Waals surface area contributed by atoms with E-state index < -0.39 is 12.0 Å². The zero-order valence-corrected chi connectivity index (χ0v) is 15.2. The number of hydrogen-bond donors (Lipinski definition) is 2. The van der Waals surface area contributed by atoms with Crippen molar-refractivity contribution in [3.8, 4) is 5.75 Å². The molecular formula is C18H23F2N5O2. The van der Waals surface area contributed by atoms with Crippen molar-refractivity contribution in [3.63, 3.8) is 0 Å². The Morgan fingerprint density at radius 1 is 1.26 bits per heavy atom. The summed E-state index contributed by atoms with van der Waals surface area (Å²) in [5.41, 5.74) is 14.0. The molecule has 1 aromatic carbocycles. The highest BCUT2D eigenvalue weighted by Crippen LogP contribution is 2.33. The molecule has 27 heavy (non-hydrogen) atoms.